The van der Waals surface area contributed by atoms with Gasteiger partial charge >= 0.3 is 0 Å². The minimum atomic E-state index is 0.0229. The van der Waals surface area contributed by atoms with Gasteiger partial charge in [0.15, 0.2) is 5.69 Å². The number of hydrogen-bond donors (Lipinski definition) is 1. The number of aromatic hydroxyl groups is 1. The Morgan fingerprint density at radius 2 is 2.22 bits per heavy atom. The Kier molecular flexibility index (Phi) is 2.56. The van der Waals surface area contributed by atoms with Crippen LogP contribution in [-0.4, -0.2) is 20.2 Å². The molecule has 0 aliphatic carbocycles. The van der Waals surface area contributed by atoms with Gasteiger partial charge in [-0.05, 0) is 30.0 Å². The molecule has 6 heteroatoms. The fourth-order valence-electron chi connectivity index (χ4n) is 1.58. The molecular formula is C12H9N3O2S. The molecule has 0 bridgehead atoms. The maximum absolute atomic E-state index is 9.67. The SMILES string of the molecule is Cc1cscc1-c1noc(-c2ncccc2O)n1. The Morgan fingerprint density at radius 1 is 1.33 bits per heavy atom. The third-order valence-electron chi connectivity index (χ3n) is 2.51. The van der Waals surface area contributed by atoms with Crippen LogP contribution in [0.1, 0.15) is 5.56 Å². The maximum atomic E-state index is 9.67. The lowest BCUT2D eigenvalue weighted by Gasteiger charge is -1.95. The standard InChI is InChI=1S/C12H9N3O2S/c1-7-5-18-6-8(7)11-14-12(17-15-11)10-9(16)3-2-4-13-10/h2-6,16H,1H3. The van der Waals surface area contributed by atoms with Crippen LogP contribution in [0.2, 0.25) is 0 Å². The molecule has 0 saturated carbocycles. The van der Waals surface area contributed by atoms with Crippen molar-refractivity contribution in [2.45, 2.75) is 6.92 Å². The Morgan fingerprint density at radius 3 is 2.94 bits per heavy atom. The van der Waals surface area contributed by atoms with Gasteiger partial charge in [-0.25, -0.2) is 4.98 Å². The first-order chi connectivity index (χ1) is 8.75. The zero-order chi connectivity index (χ0) is 12.5. The molecular weight excluding hydrogens is 250 g/mol. The molecule has 90 valence electrons. The van der Waals surface area contributed by atoms with E-state index in [-0.39, 0.29) is 11.6 Å². The summed E-state index contributed by atoms with van der Waals surface area (Å²) in [5.41, 5.74) is 2.33. The van der Waals surface area contributed by atoms with Gasteiger partial charge in [-0.3, -0.25) is 0 Å². The van der Waals surface area contributed by atoms with E-state index in [0.29, 0.717) is 11.5 Å². The van der Waals surface area contributed by atoms with Gasteiger partial charge in [0.1, 0.15) is 5.75 Å². The summed E-state index contributed by atoms with van der Waals surface area (Å²) in [7, 11) is 0. The molecule has 3 heterocycles. The molecule has 0 spiro atoms. The number of aromatic nitrogens is 3. The predicted molar refractivity (Wildman–Crippen MR) is 67.2 cm³/mol. The van der Waals surface area contributed by atoms with Crippen LogP contribution in [0.4, 0.5) is 0 Å². The van der Waals surface area contributed by atoms with Crippen LogP contribution in [0, 0.1) is 6.92 Å². The second kappa shape index (κ2) is 4.23. The van der Waals surface area contributed by atoms with E-state index in [0.717, 1.165) is 11.1 Å². The topological polar surface area (TPSA) is 72.0 Å². The number of aryl methyl sites for hydroxylation is 1. The lowest BCUT2D eigenvalue weighted by molar-refractivity contribution is 0.423. The van der Waals surface area contributed by atoms with Crippen molar-refractivity contribution in [2.24, 2.45) is 0 Å². The van der Waals surface area contributed by atoms with E-state index in [1.165, 1.54) is 6.07 Å². The molecule has 0 atom stereocenters. The highest BCUT2D eigenvalue weighted by molar-refractivity contribution is 7.08. The summed E-state index contributed by atoms with van der Waals surface area (Å²) >= 11 is 1.58. The average molecular weight is 259 g/mol. The zero-order valence-electron chi connectivity index (χ0n) is 9.49. The Hall–Kier alpha value is -2.21. The van der Waals surface area contributed by atoms with Gasteiger partial charge in [0.25, 0.3) is 5.89 Å². The van der Waals surface area contributed by atoms with Gasteiger partial charge in [0.05, 0.1) is 0 Å². The lowest BCUT2D eigenvalue weighted by Crippen LogP contribution is -1.84. The minimum Gasteiger partial charge on any atom is -0.505 e. The van der Waals surface area contributed by atoms with E-state index in [1.807, 2.05) is 17.7 Å². The van der Waals surface area contributed by atoms with Gasteiger partial charge in [-0.2, -0.15) is 16.3 Å². The van der Waals surface area contributed by atoms with E-state index in [9.17, 15) is 5.11 Å². The fourth-order valence-corrected chi connectivity index (χ4v) is 2.41. The molecule has 1 N–H and O–H groups in total. The first kappa shape index (κ1) is 10.9. The zero-order valence-corrected chi connectivity index (χ0v) is 10.3. The van der Waals surface area contributed by atoms with E-state index >= 15 is 0 Å². The molecule has 0 fully saturated rings. The van der Waals surface area contributed by atoms with Crippen LogP contribution in [0.15, 0.2) is 33.6 Å². The van der Waals surface area contributed by atoms with Gasteiger partial charge in [-0.1, -0.05) is 5.16 Å². The molecule has 0 radical (unpaired) electrons. The highest BCUT2D eigenvalue weighted by Crippen LogP contribution is 2.29. The Balaban J connectivity index is 2.05. The second-order valence-corrected chi connectivity index (χ2v) is 4.51. The summed E-state index contributed by atoms with van der Waals surface area (Å²) in [5.74, 6) is 0.747. The summed E-state index contributed by atoms with van der Waals surface area (Å²) < 4.78 is 5.13. The van der Waals surface area contributed by atoms with Crippen LogP contribution < -0.4 is 0 Å². The second-order valence-electron chi connectivity index (χ2n) is 3.76. The predicted octanol–water partition coefficient (Wildman–Crippen LogP) is 2.87. The van der Waals surface area contributed by atoms with Crippen molar-refractivity contribution < 1.29 is 9.63 Å². The van der Waals surface area contributed by atoms with Crippen LogP contribution in [0.3, 0.4) is 0 Å². The van der Waals surface area contributed by atoms with Crippen LogP contribution in [0.5, 0.6) is 5.75 Å². The average Bonchev–Trinajstić information content (AvgIpc) is 2.98. The van der Waals surface area contributed by atoms with Crippen molar-refractivity contribution in [3.63, 3.8) is 0 Å². The first-order valence-electron chi connectivity index (χ1n) is 5.27. The summed E-state index contributed by atoms with van der Waals surface area (Å²) in [6.45, 7) is 1.99. The molecule has 5 nitrogen and oxygen atoms in total. The molecule has 3 rings (SSSR count). The van der Waals surface area contributed by atoms with Crippen molar-refractivity contribution >= 4 is 11.3 Å². The van der Waals surface area contributed by atoms with Crippen molar-refractivity contribution in [3.05, 3.63) is 34.7 Å². The smallest absolute Gasteiger partial charge is 0.280 e. The minimum absolute atomic E-state index is 0.0229. The van der Waals surface area contributed by atoms with Crippen molar-refractivity contribution in [3.8, 4) is 28.7 Å². The fraction of sp³-hybridized carbons (Fsp3) is 0.0833. The molecule has 0 saturated heterocycles. The molecule has 0 aromatic carbocycles. The van der Waals surface area contributed by atoms with Gasteiger partial charge in [0.2, 0.25) is 5.82 Å². The molecule has 18 heavy (non-hydrogen) atoms. The molecule has 0 amide bonds. The molecule has 0 aliphatic heterocycles. The monoisotopic (exact) mass is 259 g/mol. The highest BCUT2D eigenvalue weighted by atomic mass is 32.1. The molecule has 3 aromatic rings. The summed E-state index contributed by atoms with van der Waals surface area (Å²) in [6, 6.07) is 3.17. The number of nitrogens with zero attached hydrogens (tertiary/aromatic N) is 3. The van der Waals surface area contributed by atoms with Gasteiger partial charge in [0, 0.05) is 17.1 Å². The van der Waals surface area contributed by atoms with Gasteiger partial charge in [-0.15, -0.1) is 0 Å². The number of pyridine rings is 1. The molecule has 3 aromatic heterocycles. The van der Waals surface area contributed by atoms with Crippen LogP contribution in [0.25, 0.3) is 23.0 Å². The number of hydrogen-bond acceptors (Lipinski definition) is 6. The number of thiophene rings is 1. The highest BCUT2D eigenvalue weighted by Gasteiger charge is 2.16. The maximum Gasteiger partial charge on any atom is 0.280 e. The summed E-state index contributed by atoms with van der Waals surface area (Å²) in [4.78, 5) is 8.27. The first-order valence-corrected chi connectivity index (χ1v) is 6.21. The number of rotatable bonds is 2. The van der Waals surface area contributed by atoms with Gasteiger partial charge < -0.3 is 9.63 Å². The van der Waals surface area contributed by atoms with Crippen molar-refractivity contribution in [1.82, 2.24) is 15.1 Å². The lowest BCUT2D eigenvalue weighted by atomic mass is 10.2. The molecule has 0 unspecified atom stereocenters. The van der Waals surface area contributed by atoms with Crippen LogP contribution >= 0.6 is 11.3 Å². The largest absolute Gasteiger partial charge is 0.505 e. The normalized spacial score (nSPS) is 10.7. The third kappa shape index (κ3) is 1.76. The summed E-state index contributed by atoms with van der Waals surface area (Å²) in [5, 5.41) is 17.6. The Bertz CT molecular complexity index is 690. The van der Waals surface area contributed by atoms with E-state index in [2.05, 4.69) is 15.1 Å². The van der Waals surface area contributed by atoms with E-state index in [4.69, 9.17) is 4.52 Å². The van der Waals surface area contributed by atoms with Crippen molar-refractivity contribution in [2.75, 3.05) is 0 Å². The van der Waals surface area contributed by atoms with E-state index in [1.54, 1.807) is 23.6 Å². The Labute approximate surface area is 107 Å². The van der Waals surface area contributed by atoms with Crippen molar-refractivity contribution in [1.29, 1.82) is 0 Å². The van der Waals surface area contributed by atoms with E-state index < -0.39 is 0 Å². The quantitative estimate of drug-likeness (QED) is 0.766. The third-order valence-corrected chi connectivity index (χ3v) is 3.37. The molecule has 0 aliphatic rings. The van der Waals surface area contributed by atoms with Crippen LogP contribution in [-0.2, 0) is 0 Å². The summed E-state index contributed by atoms with van der Waals surface area (Å²) in [6.07, 6.45) is 1.56.